The second kappa shape index (κ2) is 10.4. The summed E-state index contributed by atoms with van der Waals surface area (Å²) in [5, 5.41) is 20.8. The van der Waals surface area contributed by atoms with Crippen LogP contribution in [0, 0.1) is 0 Å². The maximum atomic E-state index is 12.5. The minimum atomic E-state index is -1.33. The van der Waals surface area contributed by atoms with E-state index in [0.29, 0.717) is 0 Å². The molecule has 144 valence electrons. The summed E-state index contributed by atoms with van der Waals surface area (Å²) in [6.07, 6.45) is 0.759. The van der Waals surface area contributed by atoms with Crippen molar-refractivity contribution in [1.29, 1.82) is 0 Å². The maximum absolute atomic E-state index is 12.5. The van der Waals surface area contributed by atoms with Crippen LogP contribution in [0.25, 0.3) is 0 Å². The number of carbonyl (C=O) groups is 1. The second-order valence-corrected chi connectivity index (χ2v) is 6.37. The summed E-state index contributed by atoms with van der Waals surface area (Å²) < 4.78 is 7.34. The molecule has 0 aliphatic heterocycles. The Morgan fingerprint density at radius 1 is 1.07 bits per heavy atom. The van der Waals surface area contributed by atoms with E-state index in [2.05, 4.69) is 0 Å². The van der Waals surface area contributed by atoms with Gasteiger partial charge in [-0.1, -0.05) is 60.7 Å². The van der Waals surface area contributed by atoms with Gasteiger partial charge in [-0.25, -0.2) is 0 Å². The summed E-state index contributed by atoms with van der Waals surface area (Å²) in [7, 11) is 0. The fraction of sp³-hybridized carbons (Fsp3) is 0.182. The van der Waals surface area contributed by atoms with Crippen LogP contribution >= 0.6 is 0 Å². The number of benzene rings is 2. The largest absolute Gasteiger partial charge is 1.00 e. The minimum Gasteiger partial charge on any atom is -0.548 e. The number of carboxylic acids is 1. The van der Waals surface area contributed by atoms with E-state index in [9.17, 15) is 19.8 Å². The Morgan fingerprint density at radius 2 is 1.59 bits per heavy atom. The molecule has 1 N–H and O–H groups in total. The van der Waals surface area contributed by atoms with Crippen molar-refractivity contribution >= 4 is 5.97 Å². The molecule has 1 atom stereocenters. The van der Waals surface area contributed by atoms with Crippen LogP contribution in [0.5, 0.6) is 5.75 Å². The number of hydrogen-bond acceptors (Lipinski definition) is 5. The Labute approximate surface area is 190 Å². The summed E-state index contributed by atoms with van der Waals surface area (Å²) in [4.78, 5) is 23.8. The van der Waals surface area contributed by atoms with Crippen LogP contribution in [0.4, 0.5) is 0 Å². The number of pyridine rings is 1. The molecule has 0 aliphatic carbocycles. The quantitative estimate of drug-likeness (QED) is 0.504. The van der Waals surface area contributed by atoms with Gasteiger partial charge in [0.1, 0.15) is 6.10 Å². The third-order valence-corrected chi connectivity index (χ3v) is 4.50. The monoisotopic (exact) mass is 401 g/mol. The van der Waals surface area contributed by atoms with Gasteiger partial charge in [-0.2, -0.15) is 0 Å². The van der Waals surface area contributed by atoms with Gasteiger partial charge in [0.05, 0.1) is 24.8 Å². The van der Waals surface area contributed by atoms with Crippen molar-refractivity contribution in [3.05, 3.63) is 100.0 Å². The Morgan fingerprint density at radius 3 is 2.03 bits per heavy atom. The molecule has 7 heteroatoms. The number of ether oxygens (including phenoxy) is 1. The summed E-state index contributed by atoms with van der Waals surface area (Å²) in [5.41, 5.74) is 1.42. The van der Waals surface area contributed by atoms with Crippen LogP contribution in [0.15, 0.2) is 77.7 Å². The summed E-state index contributed by atoms with van der Waals surface area (Å²) in [6.45, 7) is 0.933. The number of aliphatic carboxylic acids is 1. The summed E-state index contributed by atoms with van der Waals surface area (Å²) in [6, 6.07) is 18.9. The maximum Gasteiger partial charge on any atom is 1.00 e. The smallest absolute Gasteiger partial charge is 0.548 e. The van der Waals surface area contributed by atoms with E-state index in [1.807, 2.05) is 60.7 Å². The molecular formula is C22H20NNaO5. The molecule has 2 aromatic carbocycles. The number of carbonyl (C=O) groups excluding carboxylic acids is 1. The first-order valence-corrected chi connectivity index (χ1v) is 8.84. The van der Waals surface area contributed by atoms with E-state index in [-0.39, 0.29) is 41.0 Å². The molecule has 3 rings (SSSR count). The van der Waals surface area contributed by atoms with Crippen molar-refractivity contribution in [3.8, 4) is 5.75 Å². The zero-order chi connectivity index (χ0) is 20.1. The van der Waals surface area contributed by atoms with Crippen LogP contribution in [-0.4, -0.2) is 15.6 Å². The van der Waals surface area contributed by atoms with Gasteiger partial charge in [0, 0.05) is 11.8 Å². The molecule has 0 aliphatic rings. The summed E-state index contributed by atoms with van der Waals surface area (Å²) in [5.74, 6) is -1.34. The molecule has 0 spiro atoms. The molecular weight excluding hydrogens is 381 g/mol. The van der Waals surface area contributed by atoms with Gasteiger partial charge < -0.3 is 24.3 Å². The first-order chi connectivity index (χ1) is 13.5. The van der Waals surface area contributed by atoms with Gasteiger partial charge in [0.2, 0.25) is 5.43 Å². The fourth-order valence-electron chi connectivity index (χ4n) is 2.97. The van der Waals surface area contributed by atoms with Crippen molar-refractivity contribution < 1.29 is 49.3 Å². The van der Waals surface area contributed by atoms with Crippen LogP contribution in [0.2, 0.25) is 0 Å². The Kier molecular flexibility index (Phi) is 8.22. The van der Waals surface area contributed by atoms with Crippen LogP contribution < -0.4 is 44.8 Å². The van der Waals surface area contributed by atoms with E-state index in [4.69, 9.17) is 4.74 Å². The van der Waals surface area contributed by atoms with Crippen LogP contribution in [0.3, 0.4) is 0 Å². The van der Waals surface area contributed by atoms with E-state index < -0.39 is 30.2 Å². The number of carboxylic acid groups (broad SMARTS) is 1. The second-order valence-electron chi connectivity index (χ2n) is 6.37. The fourth-order valence-corrected chi connectivity index (χ4v) is 2.97. The minimum absolute atomic E-state index is 0. The first kappa shape index (κ1) is 22.9. The predicted molar refractivity (Wildman–Crippen MR) is 102 cm³/mol. The molecule has 3 aromatic rings. The predicted octanol–water partition coefficient (Wildman–Crippen LogP) is -1.18. The van der Waals surface area contributed by atoms with Gasteiger partial charge in [0.25, 0.3) is 0 Å². The van der Waals surface area contributed by atoms with Gasteiger partial charge in [-0.05, 0) is 18.1 Å². The molecule has 29 heavy (non-hydrogen) atoms. The number of aliphatic hydroxyl groups excluding tert-OH is 1. The van der Waals surface area contributed by atoms with Gasteiger partial charge in [-0.15, -0.1) is 0 Å². The zero-order valence-electron chi connectivity index (χ0n) is 16.3. The van der Waals surface area contributed by atoms with Crippen LogP contribution in [0.1, 0.15) is 35.9 Å². The van der Waals surface area contributed by atoms with Crippen molar-refractivity contribution in [2.75, 3.05) is 0 Å². The molecule has 1 unspecified atom stereocenters. The number of aliphatic hydroxyl groups is 1. The van der Waals surface area contributed by atoms with E-state index >= 15 is 0 Å². The van der Waals surface area contributed by atoms with Crippen LogP contribution in [-0.2, 0) is 11.4 Å². The SMILES string of the molecule is CC(C(=O)[O-])n1cc(OC(c2ccccc2)c2ccccc2)c(=O)cc1CO.[Na+]. The third-order valence-electron chi connectivity index (χ3n) is 4.50. The Hall–Kier alpha value is -2.38. The molecule has 0 radical (unpaired) electrons. The number of nitrogens with zero attached hydrogens (tertiary/aromatic N) is 1. The first-order valence-electron chi connectivity index (χ1n) is 8.84. The standard InChI is InChI=1S/C22H21NO5.Na/c1-15(22(26)27)23-13-20(19(25)12-18(23)14-24)28-21(16-8-4-2-5-9-16)17-10-6-3-7-11-17;/h2-13,15,21,24H,14H2,1H3,(H,26,27);/q;+1/p-1. The number of aromatic nitrogens is 1. The number of hydrogen-bond donors (Lipinski definition) is 1. The zero-order valence-corrected chi connectivity index (χ0v) is 18.3. The van der Waals surface area contributed by atoms with E-state index in [1.54, 1.807) is 0 Å². The van der Waals surface area contributed by atoms with Gasteiger partial charge in [0.15, 0.2) is 5.75 Å². The molecule has 0 bridgehead atoms. The van der Waals surface area contributed by atoms with Gasteiger partial charge >= 0.3 is 29.6 Å². The average Bonchev–Trinajstić information content (AvgIpc) is 2.73. The summed E-state index contributed by atoms with van der Waals surface area (Å²) >= 11 is 0. The van der Waals surface area contributed by atoms with Crippen molar-refractivity contribution in [1.82, 2.24) is 4.57 Å². The molecule has 1 heterocycles. The normalized spacial score (nSPS) is 11.6. The van der Waals surface area contributed by atoms with Gasteiger partial charge in [-0.3, -0.25) is 4.79 Å². The Balaban J connectivity index is 0.00000300. The van der Waals surface area contributed by atoms with Crippen molar-refractivity contribution in [3.63, 3.8) is 0 Å². The van der Waals surface area contributed by atoms with Crippen molar-refractivity contribution in [2.45, 2.75) is 25.7 Å². The Bertz CT molecular complexity index is 965. The molecule has 0 fully saturated rings. The number of rotatable bonds is 7. The van der Waals surface area contributed by atoms with Crippen molar-refractivity contribution in [2.24, 2.45) is 0 Å². The van der Waals surface area contributed by atoms with E-state index in [0.717, 1.165) is 11.1 Å². The molecule has 0 saturated heterocycles. The molecule has 0 saturated carbocycles. The average molecular weight is 401 g/mol. The topological polar surface area (TPSA) is 91.6 Å². The third kappa shape index (κ3) is 5.36. The van der Waals surface area contributed by atoms with E-state index in [1.165, 1.54) is 23.8 Å². The molecule has 0 amide bonds. The molecule has 6 nitrogen and oxygen atoms in total. The molecule has 1 aromatic heterocycles.